The van der Waals surface area contributed by atoms with Crippen LogP contribution in [0.1, 0.15) is 20.7 Å². The zero-order valence-corrected chi connectivity index (χ0v) is 20.7. The summed E-state index contributed by atoms with van der Waals surface area (Å²) in [5.41, 5.74) is 0.728. The van der Waals surface area contributed by atoms with E-state index >= 15 is 0 Å². The van der Waals surface area contributed by atoms with E-state index in [1.54, 1.807) is 59.6 Å². The summed E-state index contributed by atoms with van der Waals surface area (Å²) in [7, 11) is 0. The summed E-state index contributed by atoms with van der Waals surface area (Å²) in [4.78, 5) is 30.8. The highest BCUT2D eigenvalue weighted by atomic mass is 32.2. The van der Waals surface area contributed by atoms with Crippen LogP contribution in [-0.2, 0) is 0 Å². The van der Waals surface area contributed by atoms with Crippen LogP contribution in [0.25, 0.3) is 0 Å². The number of hydrogen-bond donors (Lipinski definition) is 2. The molecule has 0 radical (unpaired) electrons. The van der Waals surface area contributed by atoms with E-state index in [-0.39, 0.29) is 0 Å². The Bertz CT molecular complexity index is 1420. The van der Waals surface area contributed by atoms with E-state index in [1.807, 2.05) is 42.5 Å². The molecule has 6 rings (SSSR count). The van der Waals surface area contributed by atoms with Crippen molar-refractivity contribution in [3.8, 4) is 0 Å². The maximum Gasteiger partial charge on any atom is 0.336 e. The van der Waals surface area contributed by atoms with Crippen LogP contribution < -0.4 is 0 Å². The lowest BCUT2D eigenvalue weighted by molar-refractivity contribution is 0.0683. The lowest BCUT2D eigenvalue weighted by Gasteiger charge is -2.19. The highest BCUT2D eigenvalue weighted by Crippen LogP contribution is 2.50. The van der Waals surface area contributed by atoms with Crippen molar-refractivity contribution in [1.82, 2.24) is 0 Å². The second-order valence-electron chi connectivity index (χ2n) is 7.21. The van der Waals surface area contributed by atoms with Gasteiger partial charge >= 0.3 is 11.9 Å². The monoisotopic (exact) mass is 520 g/mol. The topological polar surface area (TPSA) is 74.6 Å². The third-order valence-corrected chi connectivity index (χ3v) is 10.1. The molecule has 2 N–H and O–H groups in total. The molecule has 0 atom stereocenters. The number of aromatic carboxylic acids is 2. The van der Waals surface area contributed by atoms with Gasteiger partial charge in [-0.1, -0.05) is 77.4 Å². The molecule has 2 heterocycles. The van der Waals surface area contributed by atoms with Crippen LogP contribution in [0.2, 0.25) is 0 Å². The van der Waals surface area contributed by atoms with Crippen molar-refractivity contribution >= 4 is 59.0 Å². The van der Waals surface area contributed by atoms with Crippen molar-refractivity contribution in [2.75, 3.05) is 0 Å². The summed E-state index contributed by atoms with van der Waals surface area (Å²) < 4.78 is 0. The van der Waals surface area contributed by atoms with Gasteiger partial charge in [-0.3, -0.25) is 0 Å². The molecule has 4 aromatic carbocycles. The number of hydrogen-bond acceptors (Lipinski definition) is 6. The van der Waals surface area contributed by atoms with Crippen molar-refractivity contribution in [1.29, 1.82) is 0 Å². The Morgan fingerprint density at radius 2 is 1.00 bits per heavy atom. The van der Waals surface area contributed by atoms with Crippen LogP contribution in [0.5, 0.6) is 0 Å². The first-order chi connectivity index (χ1) is 16.5. The van der Waals surface area contributed by atoms with Gasteiger partial charge in [-0.05, 0) is 54.6 Å². The second kappa shape index (κ2) is 9.84. The number of benzene rings is 4. The average Bonchev–Trinajstić information content (AvgIpc) is 2.85. The van der Waals surface area contributed by atoms with Gasteiger partial charge in [0.05, 0.1) is 11.1 Å². The molecule has 0 amide bonds. The molecular weight excluding hydrogens is 505 g/mol. The van der Waals surface area contributed by atoms with Crippen molar-refractivity contribution in [3.63, 3.8) is 0 Å². The second-order valence-corrected chi connectivity index (χ2v) is 11.5. The van der Waals surface area contributed by atoms with E-state index in [2.05, 4.69) is 18.2 Å². The largest absolute Gasteiger partial charge is 0.478 e. The van der Waals surface area contributed by atoms with Crippen LogP contribution in [0.4, 0.5) is 0 Å². The molecule has 0 unspecified atom stereocenters. The van der Waals surface area contributed by atoms with E-state index in [4.69, 9.17) is 10.2 Å². The van der Waals surface area contributed by atoms with Crippen molar-refractivity contribution in [3.05, 3.63) is 96.1 Å². The van der Waals surface area contributed by atoms with Crippen molar-refractivity contribution < 1.29 is 19.8 Å². The van der Waals surface area contributed by atoms with Crippen molar-refractivity contribution in [2.24, 2.45) is 0 Å². The van der Waals surface area contributed by atoms with Crippen LogP contribution in [-0.4, -0.2) is 22.2 Å². The molecule has 4 nitrogen and oxygen atoms in total. The minimum absolute atomic E-state index is 0.344. The zero-order chi connectivity index (χ0) is 23.7. The van der Waals surface area contributed by atoms with E-state index in [0.717, 1.165) is 24.5 Å². The van der Waals surface area contributed by atoms with Gasteiger partial charge in [0.15, 0.2) is 0 Å². The Morgan fingerprint density at radius 3 is 1.59 bits per heavy atom. The molecular formula is C26H16O4S4. The third kappa shape index (κ3) is 4.72. The molecule has 8 heteroatoms. The maximum atomic E-state index is 11.2. The summed E-state index contributed by atoms with van der Waals surface area (Å²) in [5.74, 6) is -1.74. The summed E-state index contributed by atoms with van der Waals surface area (Å²) in [6.45, 7) is 0. The van der Waals surface area contributed by atoms with Crippen LogP contribution in [0.15, 0.2) is 124 Å². The molecule has 0 aliphatic carbocycles. The minimum Gasteiger partial charge on any atom is -0.478 e. The number of carboxylic acid groups (broad SMARTS) is 2. The quantitative estimate of drug-likeness (QED) is 0.238. The van der Waals surface area contributed by atoms with Crippen LogP contribution >= 0.6 is 47.0 Å². The smallest absolute Gasteiger partial charge is 0.336 e. The SMILES string of the molecule is O=C(O)c1ccc2c(c1)Sc1ccccc1S2.O=C(O)c1cccc2c1Sc1ccccc1S2. The molecule has 4 aromatic rings. The fraction of sp³-hybridized carbons (Fsp3) is 0. The van der Waals surface area contributed by atoms with Crippen LogP contribution in [0.3, 0.4) is 0 Å². The van der Waals surface area contributed by atoms with Crippen molar-refractivity contribution in [2.45, 2.75) is 39.2 Å². The molecule has 2 aliphatic heterocycles. The third-order valence-electron chi connectivity index (χ3n) is 4.97. The number of rotatable bonds is 2. The minimum atomic E-state index is -0.878. The van der Waals surface area contributed by atoms with Gasteiger partial charge in [-0.25, -0.2) is 9.59 Å². The molecule has 2 aliphatic rings. The maximum absolute atomic E-state index is 11.2. The highest BCUT2D eigenvalue weighted by Gasteiger charge is 2.22. The van der Waals surface area contributed by atoms with Gasteiger partial charge in [0, 0.05) is 39.2 Å². The average molecular weight is 521 g/mol. The van der Waals surface area contributed by atoms with E-state index in [1.165, 1.54) is 26.4 Å². The van der Waals surface area contributed by atoms with E-state index < -0.39 is 11.9 Å². The highest BCUT2D eigenvalue weighted by molar-refractivity contribution is 8.05. The Hall–Kier alpha value is -2.78. The van der Waals surface area contributed by atoms with Gasteiger partial charge in [-0.2, -0.15) is 0 Å². The van der Waals surface area contributed by atoms with Crippen LogP contribution in [0, 0.1) is 0 Å². The predicted molar refractivity (Wildman–Crippen MR) is 136 cm³/mol. The zero-order valence-electron chi connectivity index (χ0n) is 17.4. The molecule has 0 aromatic heterocycles. The molecule has 0 fully saturated rings. The van der Waals surface area contributed by atoms with E-state index in [9.17, 15) is 9.59 Å². The Morgan fingerprint density at radius 1 is 0.500 bits per heavy atom. The summed E-state index contributed by atoms with van der Waals surface area (Å²) >= 11 is 6.48. The molecule has 0 saturated carbocycles. The number of fused-ring (bicyclic) bond motifs is 4. The molecule has 168 valence electrons. The van der Waals surface area contributed by atoms with Gasteiger partial charge in [0.2, 0.25) is 0 Å². The summed E-state index contributed by atoms with van der Waals surface area (Å²) in [5, 5.41) is 18.1. The lowest BCUT2D eigenvalue weighted by Crippen LogP contribution is -2.01. The fourth-order valence-corrected chi connectivity index (χ4v) is 8.00. The molecule has 34 heavy (non-hydrogen) atoms. The number of carboxylic acids is 2. The standard InChI is InChI=1S/2C13H8O2S2/c14-13(15)8-4-3-7-11-12(8)17-10-6-2-1-5-9(10)16-11;14-13(15)8-5-6-11-12(7-8)17-10-4-2-1-3-9(10)16-11/h2*1-7H,(H,14,15). The summed E-state index contributed by atoms with van der Waals surface area (Å²) in [6, 6.07) is 26.9. The Labute approximate surface area is 213 Å². The van der Waals surface area contributed by atoms with Gasteiger partial charge in [0.25, 0.3) is 0 Å². The normalized spacial score (nSPS) is 12.7. The van der Waals surface area contributed by atoms with Gasteiger partial charge < -0.3 is 10.2 Å². The molecule has 0 bridgehead atoms. The number of carbonyl (C=O) groups is 2. The first-order valence-electron chi connectivity index (χ1n) is 10.1. The lowest BCUT2D eigenvalue weighted by atomic mass is 10.2. The van der Waals surface area contributed by atoms with Gasteiger partial charge in [-0.15, -0.1) is 0 Å². The summed E-state index contributed by atoms with van der Waals surface area (Å²) in [6.07, 6.45) is 0. The first-order valence-corrected chi connectivity index (χ1v) is 13.4. The van der Waals surface area contributed by atoms with E-state index in [0.29, 0.717) is 11.1 Å². The first kappa shape index (κ1) is 23.0. The Kier molecular flexibility index (Phi) is 6.65. The fourth-order valence-electron chi connectivity index (χ4n) is 3.38. The van der Waals surface area contributed by atoms with Gasteiger partial charge in [0.1, 0.15) is 0 Å². The molecule has 0 spiro atoms. The predicted octanol–water partition coefficient (Wildman–Crippen LogP) is 8.00. The molecule has 0 saturated heterocycles. The Balaban J connectivity index is 0.000000142.